The van der Waals surface area contributed by atoms with E-state index in [1.54, 1.807) is 0 Å². The van der Waals surface area contributed by atoms with Gasteiger partial charge >= 0.3 is 0 Å². The second kappa shape index (κ2) is 7.09. The fourth-order valence-corrected chi connectivity index (χ4v) is 2.88. The Morgan fingerprint density at radius 2 is 2.14 bits per heavy atom. The van der Waals surface area contributed by atoms with E-state index in [1.165, 1.54) is 11.3 Å². The minimum atomic E-state index is 0.310. The topological polar surface area (TPSA) is 39.1 Å². The van der Waals surface area contributed by atoms with Crippen LogP contribution in [0.5, 0.6) is 5.75 Å². The van der Waals surface area contributed by atoms with Crippen LogP contribution >= 0.6 is 15.9 Å². The molecule has 5 heteroatoms. The van der Waals surface area contributed by atoms with Gasteiger partial charge in [0, 0.05) is 21.8 Å². The lowest BCUT2D eigenvalue weighted by atomic mass is 10.1. The molecule has 4 nitrogen and oxygen atoms in total. The zero-order valence-corrected chi connectivity index (χ0v) is 14.6. The minimum Gasteiger partial charge on any atom is -0.492 e. The van der Waals surface area contributed by atoms with Crippen LogP contribution in [0.15, 0.2) is 28.7 Å². The van der Waals surface area contributed by atoms with Gasteiger partial charge in [0.15, 0.2) is 0 Å². The van der Waals surface area contributed by atoms with Crippen molar-refractivity contribution >= 4 is 15.9 Å². The van der Waals surface area contributed by atoms with Gasteiger partial charge in [-0.3, -0.25) is 4.68 Å². The number of nitrogens with one attached hydrogen (secondary N) is 1. The van der Waals surface area contributed by atoms with Crippen molar-refractivity contribution in [2.75, 3.05) is 13.7 Å². The van der Waals surface area contributed by atoms with Gasteiger partial charge in [0.05, 0.1) is 12.2 Å². The summed E-state index contributed by atoms with van der Waals surface area (Å²) >= 11 is 3.44. The molecular formula is C16H22BrN3O. The van der Waals surface area contributed by atoms with Gasteiger partial charge in [-0.2, -0.15) is 5.10 Å². The maximum atomic E-state index is 5.78. The van der Waals surface area contributed by atoms with E-state index in [0.717, 1.165) is 22.5 Å². The van der Waals surface area contributed by atoms with Gasteiger partial charge < -0.3 is 10.1 Å². The number of ether oxygens (including phenoxy) is 1. The Morgan fingerprint density at radius 1 is 1.38 bits per heavy atom. The number of aromatic nitrogens is 2. The number of aryl methyl sites for hydroxylation is 1. The highest BCUT2D eigenvalue weighted by atomic mass is 79.9. The van der Waals surface area contributed by atoms with Crippen LogP contribution in [0.3, 0.4) is 0 Å². The third-order valence-corrected chi connectivity index (χ3v) is 4.16. The maximum absolute atomic E-state index is 5.78. The molecule has 0 spiro atoms. The summed E-state index contributed by atoms with van der Waals surface area (Å²) in [6, 6.07) is 8.19. The van der Waals surface area contributed by atoms with Crippen molar-refractivity contribution < 1.29 is 4.74 Å². The Hall–Kier alpha value is -1.33. The van der Waals surface area contributed by atoms with Crippen LogP contribution < -0.4 is 10.1 Å². The Balaban J connectivity index is 2.01. The van der Waals surface area contributed by atoms with E-state index < -0.39 is 0 Å². The predicted molar refractivity (Wildman–Crippen MR) is 88.8 cm³/mol. The summed E-state index contributed by atoms with van der Waals surface area (Å²) < 4.78 is 8.82. The summed E-state index contributed by atoms with van der Waals surface area (Å²) in [7, 11) is 1.97. The van der Waals surface area contributed by atoms with Crippen LogP contribution in [0.2, 0.25) is 0 Å². The first kappa shape index (κ1) is 16.0. The maximum Gasteiger partial charge on any atom is 0.120 e. The molecule has 0 saturated carbocycles. The van der Waals surface area contributed by atoms with E-state index in [4.69, 9.17) is 4.74 Å². The molecule has 2 rings (SSSR count). The van der Waals surface area contributed by atoms with Crippen molar-refractivity contribution in [2.24, 2.45) is 0 Å². The Labute approximate surface area is 134 Å². The van der Waals surface area contributed by atoms with Gasteiger partial charge in [0.25, 0.3) is 0 Å². The van der Waals surface area contributed by atoms with Gasteiger partial charge in [-0.25, -0.2) is 0 Å². The van der Waals surface area contributed by atoms with Gasteiger partial charge in [-0.15, -0.1) is 0 Å². The largest absolute Gasteiger partial charge is 0.492 e. The zero-order chi connectivity index (χ0) is 15.4. The van der Waals surface area contributed by atoms with Crippen LogP contribution in [-0.4, -0.2) is 23.4 Å². The molecule has 0 aliphatic rings. The highest BCUT2D eigenvalue weighted by Crippen LogP contribution is 2.21. The fraction of sp³-hybridized carbons (Fsp3) is 0.438. The smallest absolute Gasteiger partial charge is 0.120 e. The summed E-state index contributed by atoms with van der Waals surface area (Å²) in [4.78, 5) is 0. The Morgan fingerprint density at radius 3 is 2.81 bits per heavy atom. The van der Waals surface area contributed by atoms with E-state index in [0.29, 0.717) is 12.6 Å². The molecular weight excluding hydrogens is 330 g/mol. The van der Waals surface area contributed by atoms with Gasteiger partial charge in [-0.05, 0) is 46.0 Å². The summed E-state index contributed by atoms with van der Waals surface area (Å²) in [6.45, 7) is 7.67. The lowest BCUT2D eigenvalue weighted by Gasteiger charge is -2.12. The van der Waals surface area contributed by atoms with Crippen LogP contribution in [0.1, 0.15) is 29.9 Å². The van der Waals surface area contributed by atoms with E-state index in [2.05, 4.69) is 47.1 Å². The highest BCUT2D eigenvalue weighted by molar-refractivity contribution is 9.10. The predicted octanol–water partition coefficient (Wildman–Crippen LogP) is 3.62. The Kier molecular flexibility index (Phi) is 5.42. The van der Waals surface area contributed by atoms with Crippen molar-refractivity contribution in [3.8, 4) is 5.75 Å². The molecule has 1 atom stereocenters. The normalized spacial score (nSPS) is 12.4. The molecule has 0 radical (unpaired) electrons. The van der Waals surface area contributed by atoms with Crippen LogP contribution in [0, 0.1) is 13.8 Å². The molecule has 2 aromatic rings. The van der Waals surface area contributed by atoms with Crippen molar-refractivity contribution in [3.05, 3.63) is 45.7 Å². The lowest BCUT2D eigenvalue weighted by Crippen LogP contribution is -2.15. The van der Waals surface area contributed by atoms with Crippen molar-refractivity contribution in [1.29, 1.82) is 0 Å². The van der Waals surface area contributed by atoms with Crippen LogP contribution in [0.25, 0.3) is 0 Å². The molecule has 0 bridgehead atoms. The van der Waals surface area contributed by atoms with E-state index >= 15 is 0 Å². The minimum absolute atomic E-state index is 0.310. The quantitative estimate of drug-likeness (QED) is 0.863. The van der Waals surface area contributed by atoms with Crippen molar-refractivity contribution in [1.82, 2.24) is 15.1 Å². The van der Waals surface area contributed by atoms with E-state index in [1.807, 2.05) is 36.0 Å². The molecule has 0 saturated heterocycles. The zero-order valence-electron chi connectivity index (χ0n) is 13.0. The molecule has 0 amide bonds. The van der Waals surface area contributed by atoms with Crippen LogP contribution in [-0.2, 0) is 6.54 Å². The second-order valence-corrected chi connectivity index (χ2v) is 6.04. The number of hydrogen-bond acceptors (Lipinski definition) is 3. The summed E-state index contributed by atoms with van der Waals surface area (Å²) in [5, 5.41) is 7.89. The molecule has 114 valence electrons. The first-order chi connectivity index (χ1) is 10.0. The number of halogens is 1. The second-order valence-electron chi connectivity index (χ2n) is 5.12. The molecule has 1 aromatic heterocycles. The molecule has 1 aromatic carbocycles. The third kappa shape index (κ3) is 3.86. The first-order valence-corrected chi connectivity index (χ1v) is 7.91. The molecule has 21 heavy (non-hydrogen) atoms. The van der Waals surface area contributed by atoms with Crippen molar-refractivity contribution in [3.63, 3.8) is 0 Å². The number of rotatable bonds is 6. The number of benzene rings is 1. The summed E-state index contributed by atoms with van der Waals surface area (Å²) in [5.74, 6) is 0.870. The molecule has 1 unspecified atom stereocenters. The van der Waals surface area contributed by atoms with Gasteiger partial charge in [-0.1, -0.05) is 22.0 Å². The molecule has 1 N–H and O–H groups in total. The van der Waals surface area contributed by atoms with Crippen LogP contribution in [0.4, 0.5) is 0 Å². The standard InChI is InChI=1S/C16H22BrN3O/c1-11(18-4)16-12(2)19-20(13(16)3)8-9-21-15-7-5-6-14(17)10-15/h5-7,10-11,18H,8-9H2,1-4H3. The summed E-state index contributed by atoms with van der Waals surface area (Å²) in [6.07, 6.45) is 0. The average molecular weight is 352 g/mol. The monoisotopic (exact) mass is 351 g/mol. The Bertz CT molecular complexity index is 610. The molecule has 1 heterocycles. The third-order valence-electron chi connectivity index (χ3n) is 3.67. The first-order valence-electron chi connectivity index (χ1n) is 7.12. The number of nitrogens with zero attached hydrogens (tertiary/aromatic N) is 2. The van der Waals surface area contributed by atoms with Gasteiger partial charge in [0.1, 0.15) is 12.4 Å². The number of hydrogen-bond donors (Lipinski definition) is 1. The average Bonchev–Trinajstić information content (AvgIpc) is 2.73. The van der Waals surface area contributed by atoms with E-state index in [9.17, 15) is 0 Å². The van der Waals surface area contributed by atoms with Crippen molar-refractivity contribution in [2.45, 2.75) is 33.4 Å². The molecule has 0 aliphatic carbocycles. The van der Waals surface area contributed by atoms with E-state index in [-0.39, 0.29) is 0 Å². The highest BCUT2D eigenvalue weighted by Gasteiger charge is 2.15. The summed E-state index contributed by atoms with van der Waals surface area (Å²) in [5.41, 5.74) is 3.56. The fourth-order valence-electron chi connectivity index (χ4n) is 2.51. The SMILES string of the molecule is CNC(C)c1c(C)nn(CCOc2cccc(Br)c2)c1C. The lowest BCUT2D eigenvalue weighted by molar-refractivity contribution is 0.289. The van der Waals surface area contributed by atoms with Gasteiger partial charge in [0.2, 0.25) is 0 Å². The molecule has 0 fully saturated rings. The molecule has 0 aliphatic heterocycles.